The summed E-state index contributed by atoms with van der Waals surface area (Å²) in [6.45, 7) is 0. The van der Waals surface area contributed by atoms with E-state index in [0.717, 1.165) is 29.3 Å². The maximum atomic E-state index is 12.4. The fourth-order valence-electron chi connectivity index (χ4n) is 1.54. The van der Waals surface area contributed by atoms with Crippen LogP contribution in [0.1, 0.15) is 16.1 Å². The van der Waals surface area contributed by atoms with Crippen LogP contribution in [0.15, 0.2) is 48.7 Å². The van der Waals surface area contributed by atoms with E-state index in [2.05, 4.69) is 4.98 Å². The molecule has 2 aromatic rings. The fourth-order valence-corrected chi connectivity index (χ4v) is 1.54. The Labute approximate surface area is 112 Å². The first-order valence-electron chi connectivity index (χ1n) is 5.57. The van der Waals surface area contributed by atoms with E-state index in [4.69, 9.17) is 5.84 Å². The van der Waals surface area contributed by atoms with Crippen LogP contribution in [-0.4, -0.2) is 10.9 Å². The third-order valence-electron chi connectivity index (χ3n) is 2.58. The van der Waals surface area contributed by atoms with Gasteiger partial charge in [0.15, 0.2) is 0 Å². The minimum atomic E-state index is -4.43. The van der Waals surface area contributed by atoms with Gasteiger partial charge in [-0.05, 0) is 36.4 Å². The van der Waals surface area contributed by atoms with Crippen LogP contribution in [0.3, 0.4) is 0 Å². The molecule has 0 aliphatic carbocycles. The number of carbonyl (C=O) groups excluding carboxylic acids is 1. The molecule has 1 aromatic heterocycles. The third-order valence-corrected chi connectivity index (χ3v) is 2.58. The number of carbonyl (C=O) groups is 1. The normalized spacial score (nSPS) is 11.2. The summed E-state index contributed by atoms with van der Waals surface area (Å²) in [4.78, 5) is 15.8. The van der Waals surface area contributed by atoms with Crippen molar-refractivity contribution >= 4 is 11.6 Å². The second-order valence-electron chi connectivity index (χ2n) is 3.93. The van der Waals surface area contributed by atoms with E-state index in [1.165, 1.54) is 12.3 Å². The first-order chi connectivity index (χ1) is 9.39. The number of hydrazine groups is 1. The number of hydrogen-bond acceptors (Lipinski definition) is 3. The highest BCUT2D eigenvalue weighted by Gasteiger charge is 2.30. The van der Waals surface area contributed by atoms with Gasteiger partial charge in [-0.1, -0.05) is 6.07 Å². The molecule has 0 spiro atoms. The molecule has 0 saturated carbocycles. The van der Waals surface area contributed by atoms with E-state index < -0.39 is 17.6 Å². The number of nitrogens with two attached hydrogens (primary N) is 1. The number of alkyl halides is 3. The van der Waals surface area contributed by atoms with Crippen molar-refractivity contribution < 1.29 is 18.0 Å². The molecule has 2 N–H and O–H groups in total. The Morgan fingerprint density at radius 3 is 2.25 bits per heavy atom. The number of hydrogen-bond donors (Lipinski definition) is 1. The number of amides is 1. The van der Waals surface area contributed by atoms with Crippen molar-refractivity contribution in [2.75, 3.05) is 5.01 Å². The van der Waals surface area contributed by atoms with Gasteiger partial charge in [0.2, 0.25) is 0 Å². The molecule has 0 bridgehead atoms. The number of rotatable bonds is 2. The molecular weight excluding hydrogens is 271 g/mol. The molecule has 0 unspecified atom stereocenters. The van der Waals surface area contributed by atoms with Crippen LogP contribution in [-0.2, 0) is 6.18 Å². The highest BCUT2D eigenvalue weighted by molar-refractivity contribution is 6.03. The fraction of sp³-hybridized carbons (Fsp3) is 0.0769. The van der Waals surface area contributed by atoms with Crippen molar-refractivity contribution in [3.63, 3.8) is 0 Å². The molecule has 1 amide bonds. The predicted octanol–water partition coefficient (Wildman–Crippen LogP) is 2.62. The molecule has 7 heteroatoms. The molecule has 1 aromatic carbocycles. The SMILES string of the molecule is NN(C(=O)c1ccccn1)c1ccc(C(F)(F)F)cc1. The predicted molar refractivity (Wildman–Crippen MR) is 66.7 cm³/mol. The summed E-state index contributed by atoms with van der Waals surface area (Å²) in [5.74, 6) is 4.99. The second kappa shape index (κ2) is 5.30. The molecule has 2 rings (SSSR count). The maximum absolute atomic E-state index is 12.4. The Bertz CT molecular complexity index is 597. The van der Waals surface area contributed by atoms with Gasteiger partial charge >= 0.3 is 6.18 Å². The van der Waals surface area contributed by atoms with Crippen molar-refractivity contribution in [1.82, 2.24) is 4.98 Å². The van der Waals surface area contributed by atoms with Crippen LogP contribution in [0.4, 0.5) is 18.9 Å². The molecule has 104 valence electrons. The molecule has 1 heterocycles. The Balaban J connectivity index is 2.22. The van der Waals surface area contributed by atoms with Crippen LogP contribution in [0.25, 0.3) is 0 Å². The minimum Gasteiger partial charge on any atom is -0.265 e. The Morgan fingerprint density at radius 1 is 1.10 bits per heavy atom. The van der Waals surface area contributed by atoms with Crippen LogP contribution >= 0.6 is 0 Å². The minimum absolute atomic E-state index is 0.106. The van der Waals surface area contributed by atoms with Gasteiger partial charge in [-0.3, -0.25) is 9.78 Å². The zero-order valence-electron chi connectivity index (χ0n) is 10.1. The molecule has 20 heavy (non-hydrogen) atoms. The lowest BCUT2D eigenvalue weighted by molar-refractivity contribution is -0.137. The molecule has 0 fully saturated rings. The van der Waals surface area contributed by atoms with E-state index in [-0.39, 0.29) is 11.4 Å². The van der Waals surface area contributed by atoms with E-state index >= 15 is 0 Å². The quantitative estimate of drug-likeness (QED) is 0.523. The molecule has 0 radical (unpaired) electrons. The standard InChI is InChI=1S/C13H10F3N3O/c14-13(15,16)9-4-6-10(7-5-9)19(17)12(20)11-3-1-2-8-18-11/h1-8H,17H2. The molecule has 0 aliphatic rings. The maximum Gasteiger partial charge on any atom is 0.416 e. The third kappa shape index (κ3) is 2.94. The first kappa shape index (κ1) is 14.0. The van der Waals surface area contributed by atoms with Crippen molar-refractivity contribution in [2.24, 2.45) is 5.84 Å². The van der Waals surface area contributed by atoms with Crippen LogP contribution in [0, 0.1) is 0 Å². The number of pyridine rings is 1. The highest BCUT2D eigenvalue weighted by Crippen LogP contribution is 2.30. The van der Waals surface area contributed by atoms with Crippen molar-refractivity contribution in [2.45, 2.75) is 6.18 Å². The monoisotopic (exact) mass is 281 g/mol. The lowest BCUT2D eigenvalue weighted by Crippen LogP contribution is -2.37. The smallest absolute Gasteiger partial charge is 0.265 e. The molecule has 4 nitrogen and oxygen atoms in total. The van der Waals surface area contributed by atoms with Gasteiger partial charge in [-0.2, -0.15) is 13.2 Å². The van der Waals surface area contributed by atoms with Crippen LogP contribution < -0.4 is 10.9 Å². The summed E-state index contributed by atoms with van der Waals surface area (Å²) in [7, 11) is 0. The van der Waals surface area contributed by atoms with Gasteiger partial charge in [-0.25, -0.2) is 10.9 Å². The van der Waals surface area contributed by atoms with Crippen LogP contribution in [0.2, 0.25) is 0 Å². The molecular formula is C13H10F3N3O. The Hall–Kier alpha value is -2.41. The van der Waals surface area contributed by atoms with Gasteiger partial charge in [0, 0.05) is 6.20 Å². The zero-order valence-corrected chi connectivity index (χ0v) is 10.1. The summed E-state index contributed by atoms with van der Waals surface area (Å²) in [6.07, 6.45) is -3.00. The van der Waals surface area contributed by atoms with Crippen molar-refractivity contribution in [1.29, 1.82) is 0 Å². The highest BCUT2D eigenvalue weighted by atomic mass is 19.4. The number of halogens is 3. The van der Waals surface area contributed by atoms with Gasteiger partial charge < -0.3 is 0 Å². The molecule has 0 atom stereocenters. The summed E-state index contributed by atoms with van der Waals surface area (Å²) in [6, 6.07) is 8.69. The lowest BCUT2D eigenvalue weighted by Gasteiger charge is -2.17. The first-order valence-corrected chi connectivity index (χ1v) is 5.57. The van der Waals surface area contributed by atoms with Gasteiger partial charge in [0.05, 0.1) is 11.3 Å². The zero-order chi connectivity index (χ0) is 14.8. The van der Waals surface area contributed by atoms with Gasteiger partial charge in [-0.15, -0.1) is 0 Å². The summed E-state index contributed by atoms with van der Waals surface area (Å²) in [5, 5.41) is 0.752. The number of benzene rings is 1. The van der Waals surface area contributed by atoms with E-state index in [9.17, 15) is 18.0 Å². The molecule has 0 aliphatic heterocycles. The Kier molecular flexibility index (Phi) is 3.71. The van der Waals surface area contributed by atoms with Crippen molar-refractivity contribution in [3.05, 3.63) is 59.9 Å². The summed E-state index contributed by atoms with van der Waals surface area (Å²) in [5.41, 5.74) is -0.552. The van der Waals surface area contributed by atoms with Gasteiger partial charge in [0.1, 0.15) is 5.69 Å². The average Bonchev–Trinajstić information content (AvgIpc) is 2.46. The molecule has 0 saturated heterocycles. The summed E-state index contributed by atoms with van der Waals surface area (Å²) >= 11 is 0. The average molecular weight is 281 g/mol. The summed E-state index contributed by atoms with van der Waals surface area (Å²) < 4.78 is 37.3. The number of anilines is 1. The van der Waals surface area contributed by atoms with E-state index in [0.29, 0.717) is 0 Å². The lowest BCUT2D eigenvalue weighted by atomic mass is 10.2. The largest absolute Gasteiger partial charge is 0.416 e. The topological polar surface area (TPSA) is 59.2 Å². The Morgan fingerprint density at radius 2 is 1.75 bits per heavy atom. The van der Waals surface area contributed by atoms with Crippen LogP contribution in [0.5, 0.6) is 0 Å². The van der Waals surface area contributed by atoms with E-state index in [1.807, 2.05) is 0 Å². The number of nitrogens with zero attached hydrogens (tertiary/aromatic N) is 2. The second-order valence-corrected chi connectivity index (χ2v) is 3.93. The van der Waals surface area contributed by atoms with E-state index in [1.54, 1.807) is 12.1 Å². The van der Waals surface area contributed by atoms with Gasteiger partial charge in [0.25, 0.3) is 5.91 Å². The van der Waals surface area contributed by atoms with Crippen molar-refractivity contribution in [3.8, 4) is 0 Å². The number of aromatic nitrogens is 1.